The monoisotopic (exact) mass is 217 g/mol. The maximum absolute atomic E-state index is 4.42. The summed E-state index contributed by atoms with van der Waals surface area (Å²) in [6, 6.07) is 0. The van der Waals surface area contributed by atoms with Crippen LogP contribution in [0.5, 0.6) is 0 Å². The van der Waals surface area contributed by atoms with E-state index in [0.29, 0.717) is 0 Å². The summed E-state index contributed by atoms with van der Waals surface area (Å²) in [6.45, 7) is 4.57. The summed E-state index contributed by atoms with van der Waals surface area (Å²) in [5.41, 5.74) is 2.80. The zero-order valence-electron chi connectivity index (χ0n) is 10.1. The van der Waals surface area contributed by atoms with Gasteiger partial charge in [-0.25, -0.2) is 9.97 Å². The van der Waals surface area contributed by atoms with Crippen molar-refractivity contribution >= 4 is 5.82 Å². The molecule has 3 rings (SSSR count). The molecule has 3 heteroatoms. The third-order valence-electron chi connectivity index (χ3n) is 3.91. The lowest BCUT2D eigenvalue weighted by atomic mass is 9.98. The van der Waals surface area contributed by atoms with Gasteiger partial charge in [0.1, 0.15) is 12.1 Å². The van der Waals surface area contributed by atoms with Crippen molar-refractivity contribution in [2.45, 2.75) is 51.5 Å². The van der Waals surface area contributed by atoms with Crippen LogP contribution in [0, 0.1) is 5.92 Å². The number of aromatic nitrogens is 2. The van der Waals surface area contributed by atoms with Gasteiger partial charge >= 0.3 is 0 Å². The molecule has 1 aromatic heterocycles. The van der Waals surface area contributed by atoms with E-state index in [1.165, 1.54) is 30.5 Å². The van der Waals surface area contributed by atoms with Crippen molar-refractivity contribution in [3.63, 3.8) is 0 Å². The van der Waals surface area contributed by atoms with Crippen molar-refractivity contribution < 1.29 is 0 Å². The van der Waals surface area contributed by atoms with E-state index >= 15 is 0 Å². The Labute approximate surface area is 96.7 Å². The van der Waals surface area contributed by atoms with Gasteiger partial charge < -0.3 is 5.32 Å². The molecule has 0 unspecified atom stereocenters. The standard InChI is InChI=1S/C13H19N3/c1-13(2,9-6-7-9)16-12-10-4-3-5-11(10)14-8-15-12/h8-9H,3-7H2,1-2H3,(H,14,15,16). The van der Waals surface area contributed by atoms with Crippen molar-refractivity contribution in [2.24, 2.45) is 5.92 Å². The predicted molar refractivity (Wildman–Crippen MR) is 64.5 cm³/mol. The van der Waals surface area contributed by atoms with Gasteiger partial charge in [0.2, 0.25) is 0 Å². The lowest BCUT2D eigenvalue weighted by molar-refractivity contribution is 0.492. The molecule has 0 saturated heterocycles. The highest BCUT2D eigenvalue weighted by atomic mass is 15.1. The van der Waals surface area contributed by atoms with Crippen molar-refractivity contribution in [2.75, 3.05) is 5.32 Å². The number of hydrogen-bond donors (Lipinski definition) is 1. The van der Waals surface area contributed by atoms with Gasteiger partial charge in [-0.05, 0) is 51.9 Å². The van der Waals surface area contributed by atoms with E-state index in [1.807, 2.05) is 0 Å². The van der Waals surface area contributed by atoms with Crippen LogP contribution < -0.4 is 5.32 Å². The number of nitrogens with one attached hydrogen (secondary N) is 1. The minimum absolute atomic E-state index is 0.185. The maximum atomic E-state index is 4.42. The molecule has 2 aliphatic rings. The first-order valence-corrected chi connectivity index (χ1v) is 6.28. The number of aryl methyl sites for hydroxylation is 1. The van der Waals surface area contributed by atoms with Gasteiger partial charge in [0, 0.05) is 16.8 Å². The molecule has 1 saturated carbocycles. The molecule has 0 aromatic carbocycles. The fourth-order valence-corrected chi connectivity index (χ4v) is 2.68. The average Bonchev–Trinajstić information content (AvgIpc) is 2.98. The number of fused-ring (bicyclic) bond motifs is 1. The summed E-state index contributed by atoms with van der Waals surface area (Å²) in [7, 11) is 0. The Morgan fingerprint density at radius 2 is 2.06 bits per heavy atom. The highest BCUT2D eigenvalue weighted by Gasteiger charge is 2.38. The molecule has 86 valence electrons. The van der Waals surface area contributed by atoms with E-state index in [4.69, 9.17) is 0 Å². The van der Waals surface area contributed by atoms with E-state index < -0.39 is 0 Å². The van der Waals surface area contributed by atoms with Crippen LogP contribution in [0.3, 0.4) is 0 Å². The highest BCUT2D eigenvalue weighted by Crippen LogP contribution is 2.41. The number of anilines is 1. The highest BCUT2D eigenvalue weighted by molar-refractivity contribution is 5.49. The van der Waals surface area contributed by atoms with Gasteiger partial charge in [-0.15, -0.1) is 0 Å². The molecule has 1 fully saturated rings. The van der Waals surface area contributed by atoms with E-state index in [-0.39, 0.29) is 5.54 Å². The summed E-state index contributed by atoms with van der Waals surface area (Å²) in [4.78, 5) is 8.78. The molecule has 1 aromatic rings. The predicted octanol–water partition coefficient (Wildman–Crippen LogP) is 2.57. The number of nitrogens with zero attached hydrogens (tertiary/aromatic N) is 2. The molecule has 16 heavy (non-hydrogen) atoms. The fraction of sp³-hybridized carbons (Fsp3) is 0.692. The molecule has 0 radical (unpaired) electrons. The van der Waals surface area contributed by atoms with Crippen LogP contribution in [0.15, 0.2) is 6.33 Å². The van der Waals surface area contributed by atoms with E-state index in [0.717, 1.165) is 24.6 Å². The Balaban J connectivity index is 1.87. The van der Waals surface area contributed by atoms with Crippen LogP contribution in [0.4, 0.5) is 5.82 Å². The molecule has 0 aliphatic heterocycles. The minimum Gasteiger partial charge on any atom is -0.365 e. The van der Waals surface area contributed by atoms with Gasteiger partial charge in [0.05, 0.1) is 0 Å². The Bertz CT molecular complexity index is 408. The van der Waals surface area contributed by atoms with Gasteiger partial charge in [-0.2, -0.15) is 0 Å². The lowest BCUT2D eigenvalue weighted by Crippen LogP contribution is -2.34. The third kappa shape index (κ3) is 1.68. The van der Waals surface area contributed by atoms with Crippen molar-refractivity contribution in [1.82, 2.24) is 9.97 Å². The van der Waals surface area contributed by atoms with Gasteiger partial charge in [0.15, 0.2) is 0 Å². The van der Waals surface area contributed by atoms with E-state index in [9.17, 15) is 0 Å². The maximum Gasteiger partial charge on any atom is 0.133 e. The second kappa shape index (κ2) is 3.44. The Kier molecular flexibility index (Phi) is 2.16. The average molecular weight is 217 g/mol. The summed E-state index contributed by atoms with van der Waals surface area (Å²) in [5, 5.41) is 3.63. The molecule has 0 atom stereocenters. The zero-order chi connectivity index (χ0) is 11.2. The Hall–Kier alpha value is -1.12. The molecule has 2 aliphatic carbocycles. The second-order valence-electron chi connectivity index (χ2n) is 5.62. The van der Waals surface area contributed by atoms with Crippen molar-refractivity contribution in [3.8, 4) is 0 Å². The third-order valence-corrected chi connectivity index (χ3v) is 3.91. The Morgan fingerprint density at radius 1 is 1.25 bits per heavy atom. The molecular weight excluding hydrogens is 198 g/mol. The smallest absolute Gasteiger partial charge is 0.133 e. The fourth-order valence-electron chi connectivity index (χ4n) is 2.68. The minimum atomic E-state index is 0.185. The second-order valence-corrected chi connectivity index (χ2v) is 5.62. The number of rotatable bonds is 3. The SMILES string of the molecule is CC(C)(Nc1ncnc2c1CCC2)C1CC1. The van der Waals surface area contributed by atoms with Crippen LogP contribution >= 0.6 is 0 Å². The summed E-state index contributed by atoms with van der Waals surface area (Å²) >= 11 is 0. The van der Waals surface area contributed by atoms with Crippen LogP contribution in [-0.4, -0.2) is 15.5 Å². The Morgan fingerprint density at radius 3 is 2.81 bits per heavy atom. The first kappa shape index (κ1) is 10.1. The first-order chi connectivity index (χ1) is 7.67. The van der Waals surface area contributed by atoms with E-state index in [1.54, 1.807) is 6.33 Å². The van der Waals surface area contributed by atoms with Crippen LogP contribution in [-0.2, 0) is 12.8 Å². The van der Waals surface area contributed by atoms with Gasteiger partial charge in [-0.3, -0.25) is 0 Å². The normalized spacial score (nSPS) is 19.6. The van der Waals surface area contributed by atoms with E-state index in [2.05, 4.69) is 29.1 Å². The van der Waals surface area contributed by atoms with Gasteiger partial charge in [0.25, 0.3) is 0 Å². The van der Waals surface area contributed by atoms with Gasteiger partial charge in [-0.1, -0.05) is 0 Å². The van der Waals surface area contributed by atoms with Crippen molar-refractivity contribution in [3.05, 3.63) is 17.6 Å². The molecular formula is C13H19N3. The topological polar surface area (TPSA) is 37.8 Å². The molecule has 1 N–H and O–H groups in total. The quantitative estimate of drug-likeness (QED) is 0.845. The summed E-state index contributed by atoms with van der Waals surface area (Å²) in [5.74, 6) is 1.90. The van der Waals surface area contributed by atoms with Crippen LogP contribution in [0.2, 0.25) is 0 Å². The summed E-state index contributed by atoms with van der Waals surface area (Å²) < 4.78 is 0. The zero-order valence-corrected chi connectivity index (χ0v) is 10.1. The first-order valence-electron chi connectivity index (χ1n) is 6.28. The number of hydrogen-bond acceptors (Lipinski definition) is 3. The summed E-state index contributed by atoms with van der Waals surface area (Å²) in [6.07, 6.45) is 7.90. The molecule has 1 heterocycles. The molecule has 0 bridgehead atoms. The molecule has 3 nitrogen and oxygen atoms in total. The molecule has 0 spiro atoms. The van der Waals surface area contributed by atoms with Crippen LogP contribution in [0.1, 0.15) is 44.4 Å². The molecule has 0 amide bonds. The lowest BCUT2D eigenvalue weighted by Gasteiger charge is -2.27. The van der Waals surface area contributed by atoms with Crippen LogP contribution in [0.25, 0.3) is 0 Å². The largest absolute Gasteiger partial charge is 0.365 e. The van der Waals surface area contributed by atoms with Crippen molar-refractivity contribution in [1.29, 1.82) is 0 Å².